The summed E-state index contributed by atoms with van der Waals surface area (Å²) in [7, 11) is 0. The Kier molecular flexibility index (Phi) is 4.81. The predicted octanol–water partition coefficient (Wildman–Crippen LogP) is 3.08. The Hall–Kier alpha value is -2.86. The molecule has 28 heavy (non-hydrogen) atoms. The molecule has 1 aliphatic heterocycles. The summed E-state index contributed by atoms with van der Waals surface area (Å²) in [4.78, 5) is 31.5. The first-order valence-electron chi connectivity index (χ1n) is 9.61. The molecular formula is C22H25N5O. The van der Waals surface area contributed by atoms with Crippen molar-refractivity contribution in [3.05, 3.63) is 75.7 Å². The molecule has 0 saturated carbocycles. The van der Waals surface area contributed by atoms with E-state index in [1.807, 2.05) is 42.7 Å². The van der Waals surface area contributed by atoms with Crippen molar-refractivity contribution >= 4 is 0 Å². The molecular weight excluding hydrogens is 350 g/mol. The summed E-state index contributed by atoms with van der Waals surface area (Å²) in [6.07, 6.45) is 4.53. The minimum atomic E-state index is -0.164. The summed E-state index contributed by atoms with van der Waals surface area (Å²) in [6, 6.07) is 9.94. The minimum Gasteiger partial charge on any atom is -0.310 e. The second-order valence-corrected chi connectivity index (χ2v) is 8.33. The number of nitrogens with one attached hydrogen (secondary N) is 1. The summed E-state index contributed by atoms with van der Waals surface area (Å²) in [5.41, 5.74) is 3.58. The lowest BCUT2D eigenvalue weighted by Gasteiger charge is -2.28. The van der Waals surface area contributed by atoms with Gasteiger partial charge in [0.05, 0.1) is 11.3 Å². The molecule has 0 aliphatic carbocycles. The van der Waals surface area contributed by atoms with Crippen molar-refractivity contribution in [2.45, 2.75) is 45.7 Å². The van der Waals surface area contributed by atoms with E-state index in [1.54, 1.807) is 0 Å². The first-order chi connectivity index (χ1) is 13.4. The highest BCUT2D eigenvalue weighted by Gasteiger charge is 2.24. The first kappa shape index (κ1) is 18.5. The standard InChI is InChI=1S/C22H25N5O/c1-22(2,3)21-25-18-9-10-27(14-17(18)20(28)26-21)13-15-11-23-19(24-12-15)16-7-5-4-6-8-16/h4-8,11-12H,9-10,13-14H2,1-3H3,(H,25,26,28). The molecule has 3 heterocycles. The Balaban J connectivity index is 1.49. The number of fused-ring (bicyclic) bond motifs is 1. The second kappa shape index (κ2) is 7.28. The van der Waals surface area contributed by atoms with Gasteiger partial charge < -0.3 is 4.98 Å². The average Bonchev–Trinajstić information content (AvgIpc) is 2.69. The van der Waals surface area contributed by atoms with Gasteiger partial charge in [0.15, 0.2) is 5.82 Å². The first-order valence-corrected chi connectivity index (χ1v) is 9.61. The molecule has 6 heteroatoms. The molecule has 6 nitrogen and oxygen atoms in total. The largest absolute Gasteiger partial charge is 0.310 e. The molecule has 0 unspecified atom stereocenters. The minimum absolute atomic E-state index is 0.0182. The van der Waals surface area contributed by atoms with Gasteiger partial charge in [0.1, 0.15) is 5.82 Å². The highest BCUT2D eigenvalue weighted by molar-refractivity contribution is 5.53. The summed E-state index contributed by atoms with van der Waals surface area (Å²) in [5.74, 6) is 1.48. The van der Waals surface area contributed by atoms with E-state index in [2.05, 4.69) is 40.6 Å². The van der Waals surface area contributed by atoms with Crippen molar-refractivity contribution in [1.29, 1.82) is 0 Å². The van der Waals surface area contributed by atoms with Gasteiger partial charge in [-0.05, 0) is 0 Å². The van der Waals surface area contributed by atoms with E-state index in [9.17, 15) is 4.79 Å². The third kappa shape index (κ3) is 3.87. The van der Waals surface area contributed by atoms with Crippen LogP contribution in [0, 0.1) is 0 Å². The Bertz CT molecular complexity index is 1020. The average molecular weight is 375 g/mol. The molecule has 1 N–H and O–H groups in total. The van der Waals surface area contributed by atoms with Crippen LogP contribution in [0.25, 0.3) is 11.4 Å². The fourth-order valence-electron chi connectivity index (χ4n) is 3.40. The molecule has 0 bridgehead atoms. The normalized spacial score (nSPS) is 14.7. The quantitative estimate of drug-likeness (QED) is 0.761. The Morgan fingerprint density at radius 1 is 1.11 bits per heavy atom. The molecule has 0 amide bonds. The third-order valence-electron chi connectivity index (χ3n) is 5.00. The third-order valence-corrected chi connectivity index (χ3v) is 5.00. The molecule has 0 spiro atoms. The number of hydrogen-bond acceptors (Lipinski definition) is 5. The number of aromatic amines is 1. The summed E-state index contributed by atoms with van der Waals surface area (Å²) in [5, 5.41) is 0. The van der Waals surface area contributed by atoms with Crippen LogP contribution in [0.3, 0.4) is 0 Å². The summed E-state index contributed by atoms with van der Waals surface area (Å²) < 4.78 is 0. The zero-order valence-electron chi connectivity index (χ0n) is 16.6. The van der Waals surface area contributed by atoms with Crippen LogP contribution in [-0.4, -0.2) is 31.4 Å². The number of nitrogens with zero attached hydrogens (tertiary/aromatic N) is 4. The van der Waals surface area contributed by atoms with Crippen molar-refractivity contribution in [3.63, 3.8) is 0 Å². The molecule has 144 valence electrons. The van der Waals surface area contributed by atoms with Crippen molar-refractivity contribution in [1.82, 2.24) is 24.8 Å². The van der Waals surface area contributed by atoms with Crippen LogP contribution in [0.4, 0.5) is 0 Å². The van der Waals surface area contributed by atoms with E-state index >= 15 is 0 Å². The van der Waals surface area contributed by atoms with Gasteiger partial charge in [0.2, 0.25) is 0 Å². The molecule has 0 saturated heterocycles. The number of H-pyrrole nitrogens is 1. The number of rotatable bonds is 3. The zero-order chi connectivity index (χ0) is 19.7. The van der Waals surface area contributed by atoms with Crippen molar-refractivity contribution in [2.75, 3.05) is 6.54 Å². The van der Waals surface area contributed by atoms with Gasteiger partial charge in [-0.3, -0.25) is 9.69 Å². The van der Waals surface area contributed by atoms with Gasteiger partial charge >= 0.3 is 0 Å². The summed E-state index contributed by atoms with van der Waals surface area (Å²) in [6.45, 7) is 8.37. The maximum atomic E-state index is 12.6. The zero-order valence-corrected chi connectivity index (χ0v) is 16.6. The lowest BCUT2D eigenvalue weighted by Crippen LogP contribution is -2.37. The highest BCUT2D eigenvalue weighted by atomic mass is 16.1. The molecule has 1 aromatic carbocycles. The fourth-order valence-corrected chi connectivity index (χ4v) is 3.40. The lowest BCUT2D eigenvalue weighted by atomic mass is 9.95. The van der Waals surface area contributed by atoms with Crippen LogP contribution in [0.5, 0.6) is 0 Å². The van der Waals surface area contributed by atoms with Gasteiger partial charge in [-0.25, -0.2) is 15.0 Å². The van der Waals surface area contributed by atoms with E-state index in [4.69, 9.17) is 4.98 Å². The van der Waals surface area contributed by atoms with E-state index < -0.39 is 0 Å². The fraction of sp³-hybridized carbons (Fsp3) is 0.364. The molecule has 1 aliphatic rings. The van der Waals surface area contributed by atoms with E-state index in [-0.39, 0.29) is 11.0 Å². The van der Waals surface area contributed by atoms with Gasteiger partial charge in [0, 0.05) is 55.0 Å². The van der Waals surface area contributed by atoms with E-state index in [0.717, 1.165) is 53.5 Å². The van der Waals surface area contributed by atoms with E-state index in [0.29, 0.717) is 6.54 Å². The van der Waals surface area contributed by atoms with Gasteiger partial charge in [-0.1, -0.05) is 51.1 Å². The lowest BCUT2D eigenvalue weighted by molar-refractivity contribution is 0.240. The van der Waals surface area contributed by atoms with Crippen molar-refractivity contribution in [3.8, 4) is 11.4 Å². The maximum absolute atomic E-state index is 12.6. The topological polar surface area (TPSA) is 74.8 Å². The van der Waals surface area contributed by atoms with Gasteiger partial charge in [-0.15, -0.1) is 0 Å². The molecule has 2 aromatic heterocycles. The summed E-state index contributed by atoms with van der Waals surface area (Å²) >= 11 is 0. The van der Waals surface area contributed by atoms with Crippen LogP contribution >= 0.6 is 0 Å². The van der Waals surface area contributed by atoms with Crippen molar-refractivity contribution < 1.29 is 0 Å². The smallest absolute Gasteiger partial charge is 0.255 e. The Morgan fingerprint density at radius 3 is 2.50 bits per heavy atom. The second-order valence-electron chi connectivity index (χ2n) is 8.33. The van der Waals surface area contributed by atoms with Gasteiger partial charge in [0.25, 0.3) is 5.56 Å². The van der Waals surface area contributed by atoms with Crippen molar-refractivity contribution in [2.24, 2.45) is 0 Å². The van der Waals surface area contributed by atoms with Crippen LogP contribution in [-0.2, 0) is 24.9 Å². The molecule has 3 aromatic rings. The number of aromatic nitrogens is 4. The van der Waals surface area contributed by atoms with Crippen LogP contribution in [0.2, 0.25) is 0 Å². The SMILES string of the molecule is CC(C)(C)c1nc2c(c(=O)[nH]1)CN(Cc1cnc(-c3ccccc3)nc1)CC2. The Morgan fingerprint density at radius 2 is 1.82 bits per heavy atom. The number of benzene rings is 1. The van der Waals surface area contributed by atoms with Gasteiger partial charge in [-0.2, -0.15) is 0 Å². The predicted molar refractivity (Wildman–Crippen MR) is 109 cm³/mol. The Labute approximate surface area is 164 Å². The number of hydrogen-bond donors (Lipinski definition) is 1. The highest BCUT2D eigenvalue weighted by Crippen LogP contribution is 2.21. The van der Waals surface area contributed by atoms with Crippen LogP contribution < -0.4 is 5.56 Å². The van der Waals surface area contributed by atoms with Crippen LogP contribution in [0.15, 0.2) is 47.5 Å². The molecule has 0 fully saturated rings. The maximum Gasteiger partial charge on any atom is 0.255 e. The monoisotopic (exact) mass is 375 g/mol. The molecule has 0 radical (unpaired) electrons. The molecule has 4 rings (SSSR count). The molecule has 0 atom stereocenters. The van der Waals surface area contributed by atoms with Crippen LogP contribution in [0.1, 0.15) is 43.4 Å². The van der Waals surface area contributed by atoms with E-state index in [1.165, 1.54) is 0 Å².